The fourth-order valence-corrected chi connectivity index (χ4v) is 3.33. The van der Waals surface area contributed by atoms with Gasteiger partial charge in [-0.05, 0) is 42.5 Å². The van der Waals surface area contributed by atoms with E-state index in [9.17, 15) is 4.79 Å². The van der Waals surface area contributed by atoms with Crippen LogP contribution in [0.3, 0.4) is 0 Å². The van der Waals surface area contributed by atoms with Gasteiger partial charge in [0.05, 0.1) is 11.5 Å². The second-order valence-electron chi connectivity index (χ2n) is 6.55. The Bertz CT molecular complexity index is 1030. The molecule has 1 saturated heterocycles. The van der Waals surface area contributed by atoms with Gasteiger partial charge in [0.1, 0.15) is 17.5 Å². The Hall–Kier alpha value is -2.64. The average molecular weight is 386 g/mol. The van der Waals surface area contributed by atoms with Crippen LogP contribution in [0, 0.1) is 0 Å². The van der Waals surface area contributed by atoms with Crippen LogP contribution in [0.5, 0.6) is 0 Å². The first-order chi connectivity index (χ1) is 13.1. The molecule has 0 unspecified atom stereocenters. The van der Waals surface area contributed by atoms with Crippen LogP contribution in [0.1, 0.15) is 12.8 Å². The maximum atomic E-state index is 12.7. The highest BCUT2D eigenvalue weighted by molar-refractivity contribution is 6.30. The highest BCUT2D eigenvalue weighted by atomic mass is 35.5. The van der Waals surface area contributed by atoms with Gasteiger partial charge in [0.2, 0.25) is 0 Å². The van der Waals surface area contributed by atoms with Crippen molar-refractivity contribution in [2.45, 2.75) is 18.9 Å². The third-order valence-corrected chi connectivity index (χ3v) is 4.80. The summed E-state index contributed by atoms with van der Waals surface area (Å²) in [5.41, 5.74) is -0.0951. The first-order valence-electron chi connectivity index (χ1n) is 8.84. The standard InChI is InChI=1S/C19H20ClN5O2/c1-25-7-5-12-9-16(23-15-10-13(20)4-6-21-15)24-18(17(12)19(25)26)22-11-14-3-2-8-27-14/h4-7,9-10,14H,2-3,8,11H2,1H3,(H2,21,22,23,24)/t14-/m0/s1. The number of pyridine rings is 3. The van der Waals surface area contributed by atoms with Gasteiger partial charge in [0.15, 0.2) is 0 Å². The number of fused-ring (bicyclic) bond motifs is 1. The molecule has 0 saturated carbocycles. The largest absolute Gasteiger partial charge is 0.376 e. The Morgan fingerprint density at radius 2 is 2.22 bits per heavy atom. The molecule has 3 aromatic rings. The molecule has 0 radical (unpaired) electrons. The monoisotopic (exact) mass is 385 g/mol. The summed E-state index contributed by atoms with van der Waals surface area (Å²) < 4.78 is 7.21. The zero-order valence-corrected chi connectivity index (χ0v) is 15.7. The van der Waals surface area contributed by atoms with Crippen LogP contribution in [-0.2, 0) is 11.8 Å². The zero-order chi connectivity index (χ0) is 18.8. The molecule has 1 aliphatic heterocycles. The fourth-order valence-electron chi connectivity index (χ4n) is 3.17. The van der Waals surface area contributed by atoms with Crippen LogP contribution in [0.4, 0.5) is 17.5 Å². The lowest BCUT2D eigenvalue weighted by Crippen LogP contribution is -2.22. The van der Waals surface area contributed by atoms with Gasteiger partial charge in [-0.25, -0.2) is 9.97 Å². The van der Waals surface area contributed by atoms with Gasteiger partial charge in [-0.2, -0.15) is 0 Å². The van der Waals surface area contributed by atoms with E-state index in [-0.39, 0.29) is 11.7 Å². The van der Waals surface area contributed by atoms with Crippen molar-refractivity contribution in [2.75, 3.05) is 23.8 Å². The summed E-state index contributed by atoms with van der Waals surface area (Å²) in [6.45, 7) is 1.39. The first-order valence-corrected chi connectivity index (χ1v) is 9.22. The minimum absolute atomic E-state index is 0.0951. The molecule has 2 N–H and O–H groups in total. The van der Waals surface area contributed by atoms with Gasteiger partial charge < -0.3 is 19.9 Å². The van der Waals surface area contributed by atoms with Crippen LogP contribution in [0.2, 0.25) is 5.02 Å². The van der Waals surface area contributed by atoms with E-state index in [1.807, 2.05) is 12.1 Å². The predicted molar refractivity (Wildman–Crippen MR) is 107 cm³/mol. The van der Waals surface area contributed by atoms with Gasteiger partial charge >= 0.3 is 0 Å². The molecule has 3 aromatic heterocycles. The van der Waals surface area contributed by atoms with Crippen LogP contribution in [-0.4, -0.2) is 33.8 Å². The Morgan fingerprint density at radius 3 is 3.00 bits per heavy atom. The molecule has 0 spiro atoms. The van der Waals surface area contributed by atoms with Crippen molar-refractivity contribution >= 4 is 39.8 Å². The van der Waals surface area contributed by atoms with E-state index in [1.165, 1.54) is 0 Å². The van der Waals surface area contributed by atoms with Crippen molar-refractivity contribution in [3.63, 3.8) is 0 Å². The molecule has 1 fully saturated rings. The Labute approximate surface area is 161 Å². The van der Waals surface area contributed by atoms with Gasteiger partial charge in [0, 0.05) is 37.6 Å². The molecule has 0 aliphatic carbocycles. The third kappa shape index (κ3) is 3.89. The van der Waals surface area contributed by atoms with Crippen LogP contribution >= 0.6 is 11.6 Å². The molecular formula is C19H20ClN5O2. The summed E-state index contributed by atoms with van der Waals surface area (Å²) in [5, 5.41) is 8.39. The Balaban J connectivity index is 1.72. The van der Waals surface area contributed by atoms with Crippen molar-refractivity contribution in [3.8, 4) is 0 Å². The second kappa shape index (κ2) is 7.54. The summed E-state index contributed by atoms with van der Waals surface area (Å²) >= 11 is 6.03. The van der Waals surface area contributed by atoms with E-state index in [1.54, 1.807) is 36.1 Å². The molecule has 4 heterocycles. The van der Waals surface area contributed by atoms with Crippen LogP contribution in [0.15, 0.2) is 41.5 Å². The van der Waals surface area contributed by atoms with Gasteiger partial charge in [-0.3, -0.25) is 4.79 Å². The molecule has 1 atom stereocenters. The number of nitrogens with zero attached hydrogens (tertiary/aromatic N) is 3. The summed E-state index contributed by atoms with van der Waals surface area (Å²) in [5.74, 6) is 1.71. The third-order valence-electron chi connectivity index (χ3n) is 4.56. The van der Waals surface area contributed by atoms with E-state index >= 15 is 0 Å². The minimum Gasteiger partial charge on any atom is -0.376 e. The van der Waals surface area contributed by atoms with Crippen molar-refractivity contribution in [3.05, 3.63) is 52.0 Å². The maximum absolute atomic E-state index is 12.7. The summed E-state index contributed by atoms with van der Waals surface area (Å²) in [6, 6.07) is 7.15. The highest BCUT2D eigenvalue weighted by Crippen LogP contribution is 2.25. The van der Waals surface area contributed by atoms with Gasteiger partial charge in [0.25, 0.3) is 5.56 Å². The number of aromatic nitrogens is 3. The van der Waals surface area contributed by atoms with E-state index in [0.29, 0.717) is 34.4 Å². The quantitative estimate of drug-likeness (QED) is 0.701. The van der Waals surface area contributed by atoms with Gasteiger partial charge in [-0.15, -0.1) is 0 Å². The van der Waals surface area contributed by atoms with Crippen LogP contribution in [0.25, 0.3) is 10.8 Å². The lowest BCUT2D eigenvalue weighted by molar-refractivity contribution is 0.120. The molecule has 140 valence electrons. The average Bonchev–Trinajstić information content (AvgIpc) is 3.16. The first kappa shape index (κ1) is 17.8. The van der Waals surface area contributed by atoms with Crippen molar-refractivity contribution < 1.29 is 4.74 Å². The molecular weight excluding hydrogens is 366 g/mol. The number of aryl methyl sites for hydroxylation is 1. The molecule has 4 rings (SSSR count). The number of anilines is 3. The topological polar surface area (TPSA) is 81.1 Å². The number of halogens is 1. The maximum Gasteiger partial charge on any atom is 0.261 e. The number of ether oxygens (including phenoxy) is 1. The van der Waals surface area contributed by atoms with E-state index < -0.39 is 0 Å². The van der Waals surface area contributed by atoms with Gasteiger partial charge in [-0.1, -0.05) is 11.6 Å². The predicted octanol–water partition coefficient (Wildman–Crippen LogP) is 3.32. The molecule has 7 nitrogen and oxygen atoms in total. The van der Waals surface area contributed by atoms with E-state index in [0.717, 1.165) is 24.8 Å². The lowest BCUT2D eigenvalue weighted by atomic mass is 10.2. The zero-order valence-electron chi connectivity index (χ0n) is 14.9. The molecule has 0 amide bonds. The Morgan fingerprint density at radius 1 is 1.33 bits per heavy atom. The Kier molecular flexibility index (Phi) is 4.96. The molecule has 27 heavy (non-hydrogen) atoms. The second-order valence-corrected chi connectivity index (χ2v) is 6.99. The molecule has 8 heteroatoms. The number of nitrogens with one attached hydrogen (secondary N) is 2. The van der Waals surface area contributed by atoms with E-state index in [2.05, 4.69) is 20.6 Å². The number of rotatable bonds is 5. The minimum atomic E-state index is -0.0951. The highest BCUT2D eigenvalue weighted by Gasteiger charge is 2.17. The molecule has 1 aliphatic rings. The summed E-state index contributed by atoms with van der Waals surface area (Å²) in [7, 11) is 1.73. The van der Waals surface area contributed by atoms with Crippen molar-refractivity contribution in [2.24, 2.45) is 7.05 Å². The number of hydrogen-bond acceptors (Lipinski definition) is 6. The fraction of sp³-hybridized carbons (Fsp3) is 0.316. The van der Waals surface area contributed by atoms with E-state index in [4.69, 9.17) is 16.3 Å². The summed E-state index contributed by atoms with van der Waals surface area (Å²) in [4.78, 5) is 21.5. The summed E-state index contributed by atoms with van der Waals surface area (Å²) in [6.07, 6.45) is 5.58. The SMILES string of the molecule is Cn1ccc2cc(Nc3cc(Cl)ccn3)nc(NC[C@@H]3CCCO3)c2c1=O. The van der Waals surface area contributed by atoms with Crippen molar-refractivity contribution in [1.82, 2.24) is 14.5 Å². The number of hydrogen-bond donors (Lipinski definition) is 2. The molecule has 0 bridgehead atoms. The van der Waals surface area contributed by atoms with Crippen LogP contribution < -0.4 is 16.2 Å². The molecule has 0 aromatic carbocycles. The lowest BCUT2D eigenvalue weighted by Gasteiger charge is -2.15. The van der Waals surface area contributed by atoms with Crippen molar-refractivity contribution in [1.29, 1.82) is 0 Å². The smallest absolute Gasteiger partial charge is 0.261 e. The normalized spacial score (nSPS) is 16.6.